The number of nitrogens with zero attached hydrogens (tertiary/aromatic N) is 3. The van der Waals surface area contributed by atoms with Gasteiger partial charge in [0.25, 0.3) is 0 Å². The zero-order chi connectivity index (χ0) is 19.5. The van der Waals surface area contributed by atoms with Crippen LogP contribution in [0.2, 0.25) is 0 Å². The highest BCUT2D eigenvalue weighted by Crippen LogP contribution is 2.30. The Kier molecular flexibility index (Phi) is 4.90. The van der Waals surface area contributed by atoms with Crippen LogP contribution in [0.25, 0.3) is 10.2 Å². The number of rotatable bonds is 5. The summed E-state index contributed by atoms with van der Waals surface area (Å²) in [5, 5.41) is 6.14. The van der Waals surface area contributed by atoms with Gasteiger partial charge in [-0.25, -0.2) is 4.98 Å². The molecular weight excluding hydrogens is 374 g/mol. The van der Waals surface area contributed by atoms with Crippen molar-refractivity contribution in [2.75, 3.05) is 12.1 Å². The minimum Gasteiger partial charge on any atom is -0.497 e. The third-order valence-corrected chi connectivity index (χ3v) is 5.07. The van der Waals surface area contributed by atoms with Crippen molar-refractivity contribution < 1.29 is 13.9 Å². The molecule has 0 fully saturated rings. The first-order valence-corrected chi connectivity index (χ1v) is 9.39. The number of carbonyl (C=O) groups excluding carboxylic acids is 1. The van der Waals surface area contributed by atoms with Crippen LogP contribution in [0.5, 0.6) is 5.75 Å². The zero-order valence-electron chi connectivity index (χ0n) is 15.3. The summed E-state index contributed by atoms with van der Waals surface area (Å²) in [6, 6.07) is 16.6. The van der Waals surface area contributed by atoms with E-state index in [4.69, 9.17) is 9.15 Å². The summed E-state index contributed by atoms with van der Waals surface area (Å²) in [5.41, 5.74) is 2.78. The topological polar surface area (TPSA) is 67.9 Å². The van der Waals surface area contributed by atoms with Crippen molar-refractivity contribution in [2.24, 2.45) is 5.10 Å². The molecule has 0 saturated carbocycles. The van der Waals surface area contributed by atoms with E-state index in [1.165, 1.54) is 22.6 Å². The van der Waals surface area contributed by atoms with E-state index in [0.717, 1.165) is 27.1 Å². The minimum atomic E-state index is -0.384. The molecule has 0 aliphatic rings. The third-order valence-electron chi connectivity index (χ3n) is 4.08. The van der Waals surface area contributed by atoms with Crippen molar-refractivity contribution in [2.45, 2.75) is 6.92 Å². The summed E-state index contributed by atoms with van der Waals surface area (Å²) < 4.78 is 11.4. The van der Waals surface area contributed by atoms with Crippen LogP contribution in [-0.2, 0) is 0 Å². The van der Waals surface area contributed by atoms with Gasteiger partial charge < -0.3 is 9.15 Å². The average Bonchev–Trinajstić information content (AvgIpc) is 3.38. The molecule has 2 aromatic heterocycles. The van der Waals surface area contributed by atoms with E-state index >= 15 is 0 Å². The van der Waals surface area contributed by atoms with Gasteiger partial charge in [0.15, 0.2) is 5.76 Å². The number of hydrazone groups is 1. The van der Waals surface area contributed by atoms with Gasteiger partial charge in [-0.2, -0.15) is 10.1 Å². The standard InChI is InChI=1S/C21H17N3O3S/c1-14-5-10-17-19(12-14)28-21(23-17)24(20(25)18-4-3-11-27-18)22-13-15-6-8-16(26-2)9-7-15/h3-13H,1-2H3/b22-13-. The number of carbonyl (C=O) groups is 1. The number of furan rings is 1. The first-order valence-electron chi connectivity index (χ1n) is 8.57. The molecule has 2 aromatic carbocycles. The highest BCUT2D eigenvalue weighted by atomic mass is 32.1. The van der Waals surface area contributed by atoms with Gasteiger partial charge in [-0.15, -0.1) is 0 Å². The van der Waals surface area contributed by atoms with Crippen LogP contribution in [0.1, 0.15) is 21.7 Å². The molecular formula is C21H17N3O3S. The largest absolute Gasteiger partial charge is 0.497 e. The fourth-order valence-electron chi connectivity index (χ4n) is 2.62. The number of fused-ring (bicyclic) bond motifs is 1. The molecule has 6 nitrogen and oxygen atoms in total. The van der Waals surface area contributed by atoms with Crippen molar-refractivity contribution in [3.63, 3.8) is 0 Å². The van der Waals surface area contributed by atoms with Crippen molar-refractivity contribution in [3.8, 4) is 5.75 Å². The summed E-state index contributed by atoms with van der Waals surface area (Å²) in [6.45, 7) is 2.02. The molecule has 0 bridgehead atoms. The average molecular weight is 391 g/mol. The molecule has 0 aliphatic heterocycles. The lowest BCUT2D eigenvalue weighted by Gasteiger charge is -2.12. The molecule has 0 N–H and O–H groups in total. The Morgan fingerprint density at radius 3 is 2.75 bits per heavy atom. The van der Waals surface area contributed by atoms with E-state index in [1.807, 2.05) is 49.4 Å². The molecule has 0 aliphatic carbocycles. The summed E-state index contributed by atoms with van der Waals surface area (Å²) >= 11 is 1.40. The second-order valence-corrected chi connectivity index (χ2v) is 7.09. The Labute approximate surface area is 165 Å². The Morgan fingerprint density at radius 2 is 2.04 bits per heavy atom. The van der Waals surface area contributed by atoms with Crippen LogP contribution < -0.4 is 9.75 Å². The number of anilines is 1. The van der Waals surface area contributed by atoms with Crippen molar-refractivity contribution in [3.05, 3.63) is 77.7 Å². The van der Waals surface area contributed by atoms with Crippen LogP contribution in [0.3, 0.4) is 0 Å². The third kappa shape index (κ3) is 3.65. The lowest BCUT2D eigenvalue weighted by molar-refractivity contribution is 0.0961. The second-order valence-electron chi connectivity index (χ2n) is 6.08. The summed E-state index contributed by atoms with van der Waals surface area (Å²) in [7, 11) is 1.61. The lowest BCUT2D eigenvalue weighted by Crippen LogP contribution is -2.25. The molecule has 0 unspecified atom stereocenters. The van der Waals surface area contributed by atoms with Crippen molar-refractivity contribution in [1.29, 1.82) is 0 Å². The number of benzene rings is 2. The van der Waals surface area contributed by atoms with Gasteiger partial charge >= 0.3 is 5.91 Å². The Bertz CT molecular complexity index is 1130. The van der Waals surface area contributed by atoms with E-state index in [2.05, 4.69) is 10.1 Å². The van der Waals surface area contributed by atoms with Gasteiger partial charge in [0.1, 0.15) is 5.75 Å². The number of hydrogen-bond donors (Lipinski definition) is 0. The smallest absolute Gasteiger partial charge is 0.316 e. The normalized spacial score (nSPS) is 11.2. The van der Waals surface area contributed by atoms with Crippen LogP contribution in [0, 0.1) is 6.92 Å². The van der Waals surface area contributed by atoms with Crippen molar-refractivity contribution in [1.82, 2.24) is 4.98 Å². The van der Waals surface area contributed by atoms with Crippen LogP contribution >= 0.6 is 11.3 Å². The number of aryl methyl sites for hydroxylation is 1. The fourth-order valence-corrected chi connectivity index (χ4v) is 3.64. The summed E-state index contributed by atoms with van der Waals surface area (Å²) in [4.78, 5) is 17.5. The second kappa shape index (κ2) is 7.66. The molecule has 1 amide bonds. The molecule has 4 rings (SSSR count). The van der Waals surface area contributed by atoms with Gasteiger partial charge in [0.05, 0.1) is 29.8 Å². The van der Waals surface area contributed by atoms with E-state index in [1.54, 1.807) is 25.5 Å². The SMILES string of the molecule is COc1ccc(/C=N\N(C(=O)c2ccco2)c2nc3ccc(C)cc3s2)cc1. The minimum absolute atomic E-state index is 0.197. The molecule has 28 heavy (non-hydrogen) atoms. The Morgan fingerprint density at radius 1 is 1.21 bits per heavy atom. The first-order chi connectivity index (χ1) is 13.6. The number of ether oxygens (including phenoxy) is 1. The zero-order valence-corrected chi connectivity index (χ0v) is 16.1. The number of thiazole rings is 1. The maximum absolute atomic E-state index is 12.9. The lowest BCUT2D eigenvalue weighted by atomic mass is 10.2. The summed E-state index contributed by atoms with van der Waals surface area (Å²) in [6.07, 6.45) is 3.07. The molecule has 4 aromatic rings. The van der Waals surface area contributed by atoms with Gasteiger partial charge in [-0.1, -0.05) is 17.4 Å². The number of hydrogen-bond acceptors (Lipinski definition) is 6. The molecule has 0 atom stereocenters. The monoisotopic (exact) mass is 391 g/mol. The molecule has 2 heterocycles. The van der Waals surface area contributed by atoms with E-state index in [9.17, 15) is 4.79 Å². The fraction of sp³-hybridized carbons (Fsp3) is 0.0952. The molecule has 0 radical (unpaired) electrons. The van der Waals surface area contributed by atoms with Crippen LogP contribution in [0.15, 0.2) is 70.4 Å². The van der Waals surface area contributed by atoms with Gasteiger partial charge in [-0.3, -0.25) is 4.79 Å². The predicted molar refractivity (Wildman–Crippen MR) is 110 cm³/mol. The molecule has 7 heteroatoms. The number of methoxy groups -OCH3 is 1. The quantitative estimate of drug-likeness (QED) is 0.359. The van der Waals surface area contributed by atoms with E-state index < -0.39 is 0 Å². The highest BCUT2D eigenvalue weighted by molar-refractivity contribution is 7.22. The van der Waals surface area contributed by atoms with Crippen molar-refractivity contribution >= 4 is 38.8 Å². The van der Waals surface area contributed by atoms with E-state index in [-0.39, 0.29) is 11.7 Å². The molecule has 0 saturated heterocycles. The van der Waals surface area contributed by atoms with Gasteiger partial charge in [-0.05, 0) is 66.6 Å². The number of amides is 1. The predicted octanol–water partition coefficient (Wildman–Crippen LogP) is 4.89. The Hall–Kier alpha value is -3.45. The number of aromatic nitrogens is 1. The van der Waals surface area contributed by atoms with Crippen LogP contribution in [0.4, 0.5) is 5.13 Å². The van der Waals surface area contributed by atoms with Gasteiger partial charge in [0.2, 0.25) is 5.13 Å². The maximum atomic E-state index is 12.9. The maximum Gasteiger partial charge on any atom is 0.316 e. The van der Waals surface area contributed by atoms with Crippen LogP contribution in [-0.4, -0.2) is 24.2 Å². The van der Waals surface area contributed by atoms with Gasteiger partial charge in [0, 0.05) is 0 Å². The first kappa shape index (κ1) is 17.9. The molecule has 140 valence electrons. The van der Waals surface area contributed by atoms with E-state index in [0.29, 0.717) is 5.13 Å². The summed E-state index contributed by atoms with van der Waals surface area (Å²) in [5.74, 6) is 0.565. The molecule has 0 spiro atoms. The Balaban J connectivity index is 1.72. The highest BCUT2D eigenvalue weighted by Gasteiger charge is 2.23.